The quantitative estimate of drug-likeness (QED) is 0.605. The van der Waals surface area contributed by atoms with E-state index >= 15 is 0 Å². The number of nitrogen functional groups attached to an aromatic ring is 1. The van der Waals surface area contributed by atoms with E-state index in [0.29, 0.717) is 0 Å². The SMILES string of the molecule is Cc1ccc(-c2cc3ccccc3[nH]2)cc1N. The monoisotopic (exact) mass is 222 g/mol. The molecular weight excluding hydrogens is 208 g/mol. The van der Waals surface area contributed by atoms with Gasteiger partial charge in [-0.1, -0.05) is 30.3 Å². The van der Waals surface area contributed by atoms with Crippen LogP contribution in [0, 0.1) is 6.92 Å². The largest absolute Gasteiger partial charge is 0.398 e. The van der Waals surface area contributed by atoms with Crippen LogP contribution in [0.5, 0.6) is 0 Å². The zero-order valence-corrected chi connectivity index (χ0v) is 9.70. The van der Waals surface area contributed by atoms with Crippen LogP contribution in [0.25, 0.3) is 22.2 Å². The Morgan fingerprint density at radius 1 is 1.00 bits per heavy atom. The van der Waals surface area contributed by atoms with Crippen LogP contribution in [0.15, 0.2) is 48.5 Å². The molecule has 2 nitrogen and oxygen atoms in total. The third-order valence-electron chi connectivity index (χ3n) is 3.12. The van der Waals surface area contributed by atoms with Crippen molar-refractivity contribution in [3.05, 3.63) is 54.1 Å². The molecular formula is C15H14N2. The second-order valence-electron chi connectivity index (χ2n) is 4.34. The highest BCUT2D eigenvalue weighted by Crippen LogP contribution is 2.26. The maximum atomic E-state index is 5.94. The summed E-state index contributed by atoms with van der Waals surface area (Å²) in [4.78, 5) is 3.40. The lowest BCUT2D eigenvalue weighted by atomic mass is 10.1. The van der Waals surface area contributed by atoms with Gasteiger partial charge in [0.2, 0.25) is 0 Å². The summed E-state index contributed by atoms with van der Waals surface area (Å²) in [5.74, 6) is 0. The third kappa shape index (κ3) is 1.68. The van der Waals surface area contributed by atoms with Gasteiger partial charge >= 0.3 is 0 Å². The number of para-hydroxylation sites is 1. The van der Waals surface area contributed by atoms with Crippen molar-refractivity contribution in [3.63, 3.8) is 0 Å². The Balaban J connectivity index is 2.17. The van der Waals surface area contributed by atoms with E-state index in [2.05, 4.69) is 35.3 Å². The Labute approximate surface area is 100 Å². The molecule has 0 spiro atoms. The lowest BCUT2D eigenvalue weighted by molar-refractivity contribution is 1.42. The number of nitrogens with one attached hydrogen (secondary N) is 1. The molecule has 17 heavy (non-hydrogen) atoms. The molecule has 3 rings (SSSR count). The van der Waals surface area contributed by atoms with E-state index in [9.17, 15) is 0 Å². The first-order chi connectivity index (χ1) is 8.24. The number of hydrogen-bond donors (Lipinski definition) is 2. The number of anilines is 1. The molecule has 3 N–H and O–H groups in total. The van der Waals surface area contributed by atoms with Crippen LogP contribution in [0.4, 0.5) is 5.69 Å². The first-order valence-electron chi connectivity index (χ1n) is 5.68. The number of fused-ring (bicyclic) bond motifs is 1. The van der Waals surface area contributed by atoms with Crippen LogP contribution in [0.1, 0.15) is 5.56 Å². The van der Waals surface area contributed by atoms with Crippen molar-refractivity contribution < 1.29 is 0 Å². The lowest BCUT2D eigenvalue weighted by Crippen LogP contribution is -1.89. The summed E-state index contributed by atoms with van der Waals surface area (Å²) in [5.41, 5.74) is 11.3. The maximum Gasteiger partial charge on any atom is 0.0465 e. The molecule has 3 aromatic rings. The van der Waals surface area contributed by atoms with Gasteiger partial charge in [0, 0.05) is 27.8 Å². The topological polar surface area (TPSA) is 41.8 Å². The molecule has 0 aliphatic rings. The van der Waals surface area contributed by atoms with Crippen molar-refractivity contribution >= 4 is 16.6 Å². The van der Waals surface area contributed by atoms with Crippen molar-refractivity contribution in [3.8, 4) is 11.3 Å². The summed E-state index contributed by atoms with van der Waals surface area (Å²) < 4.78 is 0. The van der Waals surface area contributed by atoms with Gasteiger partial charge in [-0.25, -0.2) is 0 Å². The first-order valence-corrected chi connectivity index (χ1v) is 5.68. The molecule has 2 heteroatoms. The Morgan fingerprint density at radius 3 is 2.59 bits per heavy atom. The molecule has 1 aromatic heterocycles. The minimum atomic E-state index is 0.834. The molecule has 0 bridgehead atoms. The summed E-state index contributed by atoms with van der Waals surface area (Å²) in [6, 6.07) is 16.6. The fourth-order valence-corrected chi connectivity index (χ4v) is 2.04. The van der Waals surface area contributed by atoms with Crippen LogP contribution in [0.2, 0.25) is 0 Å². The third-order valence-corrected chi connectivity index (χ3v) is 3.12. The van der Waals surface area contributed by atoms with Gasteiger partial charge in [-0.3, -0.25) is 0 Å². The summed E-state index contributed by atoms with van der Waals surface area (Å²) in [7, 11) is 0. The minimum absolute atomic E-state index is 0.834. The van der Waals surface area contributed by atoms with E-state index in [1.165, 1.54) is 5.39 Å². The van der Waals surface area contributed by atoms with Crippen molar-refractivity contribution in [2.45, 2.75) is 6.92 Å². The molecule has 0 radical (unpaired) electrons. The molecule has 0 fully saturated rings. The van der Waals surface area contributed by atoms with Gasteiger partial charge in [0.15, 0.2) is 0 Å². The van der Waals surface area contributed by atoms with E-state index in [0.717, 1.165) is 28.0 Å². The van der Waals surface area contributed by atoms with Crippen LogP contribution in [-0.2, 0) is 0 Å². The molecule has 0 amide bonds. The molecule has 2 aromatic carbocycles. The number of H-pyrrole nitrogens is 1. The molecule has 0 aliphatic heterocycles. The number of hydrogen-bond acceptors (Lipinski definition) is 1. The number of benzene rings is 2. The second-order valence-corrected chi connectivity index (χ2v) is 4.34. The summed E-state index contributed by atoms with van der Waals surface area (Å²) in [5, 5.41) is 1.22. The van der Waals surface area contributed by atoms with E-state index in [1.807, 2.05) is 25.1 Å². The van der Waals surface area contributed by atoms with Gasteiger partial charge in [-0.2, -0.15) is 0 Å². The van der Waals surface area contributed by atoms with Crippen molar-refractivity contribution in [1.82, 2.24) is 4.98 Å². The van der Waals surface area contributed by atoms with E-state index in [-0.39, 0.29) is 0 Å². The number of aromatic nitrogens is 1. The Morgan fingerprint density at radius 2 is 1.82 bits per heavy atom. The molecule has 84 valence electrons. The lowest BCUT2D eigenvalue weighted by Gasteiger charge is -2.02. The van der Waals surface area contributed by atoms with Crippen LogP contribution < -0.4 is 5.73 Å². The van der Waals surface area contributed by atoms with Crippen molar-refractivity contribution in [1.29, 1.82) is 0 Å². The number of aryl methyl sites for hydroxylation is 1. The predicted molar refractivity (Wildman–Crippen MR) is 72.9 cm³/mol. The molecule has 0 aliphatic carbocycles. The number of rotatable bonds is 1. The summed E-state index contributed by atoms with van der Waals surface area (Å²) >= 11 is 0. The smallest absolute Gasteiger partial charge is 0.0465 e. The number of nitrogens with two attached hydrogens (primary N) is 1. The zero-order valence-electron chi connectivity index (χ0n) is 9.70. The van der Waals surface area contributed by atoms with E-state index < -0.39 is 0 Å². The standard InChI is InChI=1S/C15H14N2/c1-10-6-7-12(8-13(10)16)15-9-11-4-2-3-5-14(11)17-15/h2-9,17H,16H2,1H3. The van der Waals surface area contributed by atoms with Crippen LogP contribution in [-0.4, -0.2) is 4.98 Å². The normalized spacial score (nSPS) is 10.9. The molecule has 0 saturated heterocycles. The van der Waals surface area contributed by atoms with Gasteiger partial charge in [0.05, 0.1) is 0 Å². The summed E-state index contributed by atoms with van der Waals surface area (Å²) in [6.45, 7) is 2.02. The Hall–Kier alpha value is -2.22. The molecule has 1 heterocycles. The highest BCUT2D eigenvalue weighted by Gasteiger charge is 2.03. The minimum Gasteiger partial charge on any atom is -0.398 e. The highest BCUT2D eigenvalue weighted by atomic mass is 14.7. The van der Waals surface area contributed by atoms with E-state index in [1.54, 1.807) is 0 Å². The average molecular weight is 222 g/mol. The number of aromatic amines is 1. The first kappa shape index (κ1) is 9.97. The van der Waals surface area contributed by atoms with E-state index in [4.69, 9.17) is 5.73 Å². The molecule has 0 atom stereocenters. The summed E-state index contributed by atoms with van der Waals surface area (Å²) in [6.07, 6.45) is 0. The molecule has 0 unspecified atom stereocenters. The van der Waals surface area contributed by atoms with Gasteiger partial charge in [0.25, 0.3) is 0 Å². The van der Waals surface area contributed by atoms with Gasteiger partial charge in [0.1, 0.15) is 0 Å². The van der Waals surface area contributed by atoms with Crippen LogP contribution in [0.3, 0.4) is 0 Å². The zero-order chi connectivity index (χ0) is 11.8. The van der Waals surface area contributed by atoms with Crippen LogP contribution >= 0.6 is 0 Å². The van der Waals surface area contributed by atoms with Gasteiger partial charge in [-0.15, -0.1) is 0 Å². The molecule has 0 saturated carbocycles. The Kier molecular flexibility index (Phi) is 2.15. The highest BCUT2D eigenvalue weighted by molar-refractivity contribution is 5.86. The Bertz CT molecular complexity index is 647. The maximum absolute atomic E-state index is 5.94. The second kappa shape index (κ2) is 3.67. The van der Waals surface area contributed by atoms with Gasteiger partial charge in [-0.05, 0) is 30.7 Å². The fourth-order valence-electron chi connectivity index (χ4n) is 2.04. The fraction of sp³-hybridized carbons (Fsp3) is 0.0667. The average Bonchev–Trinajstić information content (AvgIpc) is 2.76. The van der Waals surface area contributed by atoms with Crippen molar-refractivity contribution in [2.24, 2.45) is 0 Å². The van der Waals surface area contributed by atoms with Crippen molar-refractivity contribution in [2.75, 3.05) is 5.73 Å². The predicted octanol–water partition coefficient (Wildman–Crippen LogP) is 3.73. The van der Waals surface area contributed by atoms with Gasteiger partial charge < -0.3 is 10.7 Å².